The predicted octanol–water partition coefficient (Wildman–Crippen LogP) is 1.97. The van der Waals surface area contributed by atoms with Crippen LogP contribution in [0.1, 0.15) is 32.1 Å². The molecule has 1 N–H and O–H groups in total. The van der Waals surface area contributed by atoms with Crippen molar-refractivity contribution in [2.24, 2.45) is 5.92 Å². The highest BCUT2D eigenvalue weighted by Gasteiger charge is 2.24. The summed E-state index contributed by atoms with van der Waals surface area (Å²) in [6, 6.07) is 10.9. The number of quaternary nitrogens is 1. The lowest BCUT2D eigenvalue weighted by atomic mass is 9.89. The molecule has 1 saturated heterocycles. The van der Waals surface area contributed by atoms with Gasteiger partial charge in [0.05, 0.1) is 32.7 Å². The molecule has 1 aliphatic heterocycles. The van der Waals surface area contributed by atoms with Crippen LogP contribution >= 0.6 is 0 Å². The van der Waals surface area contributed by atoms with Gasteiger partial charge in [-0.15, -0.1) is 0 Å². The zero-order chi connectivity index (χ0) is 12.9. The Hall–Kier alpha value is -1.02. The van der Waals surface area contributed by atoms with Crippen molar-refractivity contribution in [2.45, 2.75) is 32.1 Å². The molecule has 1 saturated carbocycles. The smallest absolute Gasteiger partial charge is 0.0949 e. The maximum absolute atomic E-state index is 2.55. The summed E-state index contributed by atoms with van der Waals surface area (Å²) in [6.07, 6.45) is 7.42. The highest BCUT2D eigenvalue weighted by atomic mass is 15.3. The summed E-state index contributed by atoms with van der Waals surface area (Å²) in [4.78, 5) is 4.39. The molecule has 0 bridgehead atoms. The molecule has 0 spiro atoms. The van der Waals surface area contributed by atoms with E-state index in [2.05, 4.69) is 35.2 Å². The van der Waals surface area contributed by atoms with Crippen molar-refractivity contribution in [2.75, 3.05) is 37.6 Å². The molecule has 1 heterocycles. The maximum Gasteiger partial charge on any atom is 0.0949 e. The molecule has 19 heavy (non-hydrogen) atoms. The molecule has 2 nitrogen and oxygen atoms in total. The summed E-state index contributed by atoms with van der Waals surface area (Å²) in [5, 5.41) is 0. The summed E-state index contributed by atoms with van der Waals surface area (Å²) >= 11 is 0. The Labute approximate surface area is 117 Å². The minimum atomic E-state index is 1.02. The van der Waals surface area contributed by atoms with Gasteiger partial charge in [-0.05, 0) is 25.0 Å². The first-order valence-electron chi connectivity index (χ1n) is 8.05. The molecule has 1 aliphatic carbocycles. The quantitative estimate of drug-likeness (QED) is 0.872. The molecule has 2 fully saturated rings. The van der Waals surface area contributed by atoms with E-state index in [0.29, 0.717) is 0 Å². The highest BCUT2D eigenvalue weighted by molar-refractivity contribution is 5.45. The minimum Gasteiger partial charge on any atom is -0.360 e. The van der Waals surface area contributed by atoms with E-state index in [-0.39, 0.29) is 0 Å². The molecule has 0 atom stereocenters. The Bertz CT molecular complexity index is 362. The van der Waals surface area contributed by atoms with Crippen molar-refractivity contribution in [1.29, 1.82) is 0 Å². The fraction of sp³-hybridized carbons (Fsp3) is 0.647. The molecule has 0 aromatic heterocycles. The summed E-state index contributed by atoms with van der Waals surface area (Å²) in [6.45, 7) is 6.54. The number of rotatable bonds is 3. The largest absolute Gasteiger partial charge is 0.360 e. The molecular formula is C17H27N2+. The number of nitrogens with zero attached hydrogens (tertiary/aromatic N) is 1. The van der Waals surface area contributed by atoms with Crippen LogP contribution in [0, 0.1) is 5.92 Å². The number of piperazine rings is 1. The Kier molecular flexibility index (Phi) is 4.39. The molecule has 3 rings (SSSR count). The third-order valence-corrected chi connectivity index (χ3v) is 4.89. The van der Waals surface area contributed by atoms with E-state index < -0.39 is 0 Å². The van der Waals surface area contributed by atoms with Crippen molar-refractivity contribution < 1.29 is 4.90 Å². The first kappa shape index (κ1) is 13.0. The normalized spacial score (nSPS) is 22.6. The van der Waals surface area contributed by atoms with Gasteiger partial charge in [-0.3, -0.25) is 0 Å². The van der Waals surface area contributed by atoms with E-state index in [1.807, 2.05) is 4.90 Å². The molecule has 2 aliphatic rings. The average Bonchev–Trinajstić information content (AvgIpc) is 2.50. The van der Waals surface area contributed by atoms with Crippen LogP contribution in [0.4, 0.5) is 5.69 Å². The van der Waals surface area contributed by atoms with Crippen LogP contribution in [0.5, 0.6) is 0 Å². The van der Waals surface area contributed by atoms with Crippen LogP contribution in [-0.2, 0) is 0 Å². The third kappa shape index (κ3) is 3.50. The fourth-order valence-electron chi connectivity index (χ4n) is 3.72. The first-order chi connectivity index (χ1) is 9.42. The van der Waals surface area contributed by atoms with Gasteiger partial charge in [0.25, 0.3) is 0 Å². The molecule has 0 amide bonds. The second-order valence-electron chi connectivity index (χ2n) is 6.28. The Morgan fingerprint density at radius 2 is 1.63 bits per heavy atom. The van der Waals surface area contributed by atoms with Gasteiger partial charge < -0.3 is 9.80 Å². The minimum absolute atomic E-state index is 1.02. The number of benzene rings is 1. The molecule has 0 radical (unpaired) electrons. The van der Waals surface area contributed by atoms with Gasteiger partial charge in [0.2, 0.25) is 0 Å². The van der Waals surface area contributed by atoms with Gasteiger partial charge in [0, 0.05) is 11.6 Å². The van der Waals surface area contributed by atoms with Crippen LogP contribution in [0.15, 0.2) is 30.3 Å². The van der Waals surface area contributed by atoms with Crippen LogP contribution in [0.25, 0.3) is 0 Å². The van der Waals surface area contributed by atoms with E-state index in [1.165, 1.54) is 70.5 Å². The summed E-state index contributed by atoms with van der Waals surface area (Å²) in [5.74, 6) is 1.02. The van der Waals surface area contributed by atoms with Crippen LogP contribution in [0.3, 0.4) is 0 Å². The number of para-hydroxylation sites is 1. The van der Waals surface area contributed by atoms with Crippen molar-refractivity contribution in [3.63, 3.8) is 0 Å². The summed E-state index contributed by atoms with van der Waals surface area (Å²) < 4.78 is 0. The van der Waals surface area contributed by atoms with Crippen LogP contribution in [-0.4, -0.2) is 32.7 Å². The second kappa shape index (κ2) is 6.42. The zero-order valence-corrected chi connectivity index (χ0v) is 12.0. The second-order valence-corrected chi connectivity index (χ2v) is 6.28. The predicted molar refractivity (Wildman–Crippen MR) is 80.8 cm³/mol. The lowest BCUT2D eigenvalue weighted by Gasteiger charge is -2.35. The van der Waals surface area contributed by atoms with E-state index in [9.17, 15) is 0 Å². The molecule has 1 aromatic carbocycles. The van der Waals surface area contributed by atoms with Gasteiger partial charge in [0.1, 0.15) is 0 Å². The maximum atomic E-state index is 2.55. The molecular weight excluding hydrogens is 232 g/mol. The monoisotopic (exact) mass is 259 g/mol. The third-order valence-electron chi connectivity index (χ3n) is 4.89. The Balaban J connectivity index is 1.46. The van der Waals surface area contributed by atoms with Gasteiger partial charge >= 0.3 is 0 Å². The summed E-state index contributed by atoms with van der Waals surface area (Å²) in [7, 11) is 0. The van der Waals surface area contributed by atoms with E-state index in [4.69, 9.17) is 0 Å². The van der Waals surface area contributed by atoms with E-state index in [1.54, 1.807) is 0 Å². The van der Waals surface area contributed by atoms with E-state index >= 15 is 0 Å². The fourth-order valence-corrected chi connectivity index (χ4v) is 3.72. The van der Waals surface area contributed by atoms with Crippen LogP contribution in [0.2, 0.25) is 0 Å². The number of anilines is 1. The average molecular weight is 259 g/mol. The lowest BCUT2D eigenvalue weighted by Crippen LogP contribution is -3.15. The zero-order valence-electron chi connectivity index (χ0n) is 12.0. The molecule has 2 heteroatoms. The Morgan fingerprint density at radius 1 is 0.947 bits per heavy atom. The first-order valence-corrected chi connectivity index (χ1v) is 8.05. The SMILES string of the molecule is c1ccc(N2CC[NH+](CC3CCCCC3)CC2)cc1. The van der Waals surface area contributed by atoms with Crippen molar-refractivity contribution in [1.82, 2.24) is 0 Å². The Morgan fingerprint density at radius 3 is 2.32 bits per heavy atom. The van der Waals surface area contributed by atoms with Crippen LogP contribution < -0.4 is 9.80 Å². The van der Waals surface area contributed by atoms with Gasteiger partial charge in [-0.2, -0.15) is 0 Å². The lowest BCUT2D eigenvalue weighted by molar-refractivity contribution is -0.904. The highest BCUT2D eigenvalue weighted by Crippen LogP contribution is 2.22. The van der Waals surface area contributed by atoms with Gasteiger partial charge in [-0.1, -0.05) is 37.5 Å². The van der Waals surface area contributed by atoms with Crippen molar-refractivity contribution in [3.05, 3.63) is 30.3 Å². The van der Waals surface area contributed by atoms with Gasteiger partial charge in [0.15, 0.2) is 0 Å². The number of hydrogen-bond donors (Lipinski definition) is 1. The van der Waals surface area contributed by atoms with E-state index in [0.717, 1.165) is 5.92 Å². The van der Waals surface area contributed by atoms with Crippen molar-refractivity contribution in [3.8, 4) is 0 Å². The number of hydrogen-bond acceptors (Lipinski definition) is 1. The van der Waals surface area contributed by atoms with Gasteiger partial charge in [-0.25, -0.2) is 0 Å². The molecule has 0 unspecified atom stereocenters. The summed E-state index contributed by atoms with van der Waals surface area (Å²) in [5.41, 5.74) is 1.40. The molecule has 1 aromatic rings. The topological polar surface area (TPSA) is 7.68 Å². The number of nitrogens with one attached hydrogen (secondary N) is 1. The molecule has 104 valence electrons. The van der Waals surface area contributed by atoms with Crippen molar-refractivity contribution >= 4 is 5.69 Å². The standard InChI is InChI=1S/C17H26N2/c1-3-7-16(8-4-1)15-18-11-13-19(14-12-18)17-9-5-2-6-10-17/h2,5-6,9-10,16H,1,3-4,7-8,11-15H2/p+1.